The first-order valence-electron chi connectivity index (χ1n) is 4.06. The lowest BCUT2D eigenvalue weighted by atomic mass is 10.2. The Morgan fingerprint density at radius 2 is 2.42 bits per heavy atom. The number of rotatable bonds is 3. The molecule has 4 heteroatoms. The SMILES string of the molecule is NC(CN1CC=CCC1)C(=O)O. The summed E-state index contributed by atoms with van der Waals surface area (Å²) in [6.07, 6.45) is 5.13. The predicted octanol–water partition coefficient (Wildman–Crippen LogP) is -0.340. The molecule has 3 N–H and O–H groups in total. The number of aliphatic carboxylic acids is 1. The molecule has 0 bridgehead atoms. The quantitative estimate of drug-likeness (QED) is 0.569. The fourth-order valence-corrected chi connectivity index (χ4v) is 1.21. The van der Waals surface area contributed by atoms with E-state index in [2.05, 4.69) is 6.08 Å². The third kappa shape index (κ3) is 2.64. The molecular weight excluding hydrogens is 156 g/mol. The van der Waals surface area contributed by atoms with Crippen LogP contribution in [0.2, 0.25) is 0 Å². The van der Waals surface area contributed by atoms with Crippen molar-refractivity contribution in [3.05, 3.63) is 12.2 Å². The van der Waals surface area contributed by atoms with Gasteiger partial charge in [-0.05, 0) is 6.42 Å². The fraction of sp³-hybridized carbons (Fsp3) is 0.625. The molecule has 0 saturated heterocycles. The third-order valence-electron chi connectivity index (χ3n) is 1.91. The highest BCUT2D eigenvalue weighted by molar-refractivity contribution is 5.73. The van der Waals surface area contributed by atoms with Crippen molar-refractivity contribution < 1.29 is 9.90 Å². The predicted molar refractivity (Wildman–Crippen MR) is 45.8 cm³/mol. The highest BCUT2D eigenvalue weighted by atomic mass is 16.4. The zero-order chi connectivity index (χ0) is 8.97. The zero-order valence-electron chi connectivity index (χ0n) is 6.94. The van der Waals surface area contributed by atoms with Gasteiger partial charge >= 0.3 is 5.97 Å². The van der Waals surface area contributed by atoms with Crippen LogP contribution in [0.1, 0.15) is 6.42 Å². The van der Waals surface area contributed by atoms with E-state index in [0.717, 1.165) is 19.5 Å². The van der Waals surface area contributed by atoms with Crippen LogP contribution in [0.25, 0.3) is 0 Å². The Labute approximate surface area is 71.7 Å². The van der Waals surface area contributed by atoms with Gasteiger partial charge in [-0.25, -0.2) is 0 Å². The maximum atomic E-state index is 10.4. The van der Waals surface area contributed by atoms with Crippen LogP contribution in [0.4, 0.5) is 0 Å². The first-order valence-corrected chi connectivity index (χ1v) is 4.06. The molecule has 0 aromatic carbocycles. The van der Waals surface area contributed by atoms with Crippen LogP contribution >= 0.6 is 0 Å². The summed E-state index contributed by atoms with van der Waals surface area (Å²) in [7, 11) is 0. The summed E-state index contributed by atoms with van der Waals surface area (Å²) < 4.78 is 0. The van der Waals surface area contributed by atoms with Gasteiger partial charge in [-0.2, -0.15) is 0 Å². The Balaban J connectivity index is 2.30. The molecule has 0 aliphatic carbocycles. The molecule has 1 rings (SSSR count). The minimum atomic E-state index is -0.926. The number of nitrogens with zero attached hydrogens (tertiary/aromatic N) is 1. The summed E-state index contributed by atoms with van der Waals surface area (Å²) in [5, 5.41) is 8.54. The second-order valence-electron chi connectivity index (χ2n) is 2.96. The molecule has 0 spiro atoms. The maximum absolute atomic E-state index is 10.4. The van der Waals surface area contributed by atoms with E-state index in [9.17, 15) is 4.79 Å². The normalized spacial score (nSPS) is 20.8. The van der Waals surface area contributed by atoms with E-state index in [0.29, 0.717) is 6.54 Å². The minimum Gasteiger partial charge on any atom is -0.480 e. The zero-order valence-corrected chi connectivity index (χ0v) is 6.94. The average molecular weight is 170 g/mol. The smallest absolute Gasteiger partial charge is 0.321 e. The summed E-state index contributed by atoms with van der Waals surface area (Å²) >= 11 is 0. The molecule has 0 radical (unpaired) electrons. The van der Waals surface area contributed by atoms with Crippen LogP contribution in [0.5, 0.6) is 0 Å². The van der Waals surface area contributed by atoms with Gasteiger partial charge in [0.15, 0.2) is 0 Å². The summed E-state index contributed by atoms with van der Waals surface area (Å²) in [4.78, 5) is 12.4. The summed E-state index contributed by atoms with van der Waals surface area (Å²) in [6, 6.07) is -0.753. The van der Waals surface area contributed by atoms with Crippen molar-refractivity contribution in [1.82, 2.24) is 4.90 Å². The van der Waals surface area contributed by atoms with Crippen LogP contribution in [-0.2, 0) is 4.79 Å². The Kier molecular flexibility index (Phi) is 3.25. The number of hydrogen-bond acceptors (Lipinski definition) is 3. The standard InChI is InChI=1S/C8H14N2O2/c9-7(8(11)12)6-10-4-2-1-3-5-10/h1-2,7H,3-6,9H2,(H,11,12). The number of nitrogens with two attached hydrogens (primary N) is 1. The molecule has 1 heterocycles. The van der Waals surface area contributed by atoms with E-state index in [1.807, 2.05) is 11.0 Å². The van der Waals surface area contributed by atoms with Gasteiger partial charge < -0.3 is 10.8 Å². The molecule has 0 aromatic rings. The minimum absolute atomic E-state index is 0.444. The lowest BCUT2D eigenvalue weighted by Gasteiger charge is -2.24. The number of carbonyl (C=O) groups is 1. The molecule has 1 unspecified atom stereocenters. The Morgan fingerprint density at radius 1 is 1.67 bits per heavy atom. The van der Waals surface area contributed by atoms with Gasteiger partial charge in [0.25, 0.3) is 0 Å². The van der Waals surface area contributed by atoms with Crippen molar-refractivity contribution in [1.29, 1.82) is 0 Å². The van der Waals surface area contributed by atoms with E-state index in [-0.39, 0.29) is 0 Å². The molecule has 12 heavy (non-hydrogen) atoms. The van der Waals surface area contributed by atoms with Crippen LogP contribution in [0, 0.1) is 0 Å². The number of carboxylic acids is 1. The van der Waals surface area contributed by atoms with Crippen molar-refractivity contribution in [2.24, 2.45) is 5.73 Å². The van der Waals surface area contributed by atoms with Gasteiger partial charge in [-0.1, -0.05) is 12.2 Å². The monoisotopic (exact) mass is 170 g/mol. The van der Waals surface area contributed by atoms with Gasteiger partial charge in [-0.15, -0.1) is 0 Å². The van der Waals surface area contributed by atoms with Crippen molar-refractivity contribution in [2.75, 3.05) is 19.6 Å². The first-order chi connectivity index (χ1) is 5.70. The Bertz CT molecular complexity index is 191. The molecule has 1 aliphatic heterocycles. The van der Waals surface area contributed by atoms with Gasteiger partial charge in [-0.3, -0.25) is 9.69 Å². The molecule has 0 amide bonds. The summed E-state index contributed by atoms with van der Waals surface area (Å²) in [5.41, 5.74) is 5.38. The van der Waals surface area contributed by atoms with E-state index in [1.165, 1.54) is 0 Å². The van der Waals surface area contributed by atoms with Crippen LogP contribution in [-0.4, -0.2) is 41.7 Å². The molecule has 0 aromatic heterocycles. The van der Waals surface area contributed by atoms with Gasteiger partial charge in [0.05, 0.1) is 0 Å². The van der Waals surface area contributed by atoms with Crippen molar-refractivity contribution >= 4 is 5.97 Å². The topological polar surface area (TPSA) is 66.6 Å². The lowest BCUT2D eigenvalue weighted by molar-refractivity contribution is -0.138. The molecular formula is C8H14N2O2. The third-order valence-corrected chi connectivity index (χ3v) is 1.91. The number of hydrogen-bond donors (Lipinski definition) is 2. The Hall–Kier alpha value is -0.870. The van der Waals surface area contributed by atoms with Crippen LogP contribution < -0.4 is 5.73 Å². The van der Waals surface area contributed by atoms with Gasteiger partial charge in [0, 0.05) is 19.6 Å². The van der Waals surface area contributed by atoms with Crippen LogP contribution in [0.15, 0.2) is 12.2 Å². The van der Waals surface area contributed by atoms with Crippen molar-refractivity contribution in [3.8, 4) is 0 Å². The summed E-state index contributed by atoms with van der Waals surface area (Å²) in [6.45, 7) is 2.18. The summed E-state index contributed by atoms with van der Waals surface area (Å²) in [5.74, 6) is -0.926. The van der Waals surface area contributed by atoms with E-state index >= 15 is 0 Å². The average Bonchev–Trinajstić information content (AvgIpc) is 2.06. The van der Waals surface area contributed by atoms with E-state index < -0.39 is 12.0 Å². The van der Waals surface area contributed by atoms with E-state index in [4.69, 9.17) is 10.8 Å². The maximum Gasteiger partial charge on any atom is 0.321 e. The van der Waals surface area contributed by atoms with Crippen molar-refractivity contribution in [3.63, 3.8) is 0 Å². The largest absolute Gasteiger partial charge is 0.480 e. The molecule has 68 valence electrons. The van der Waals surface area contributed by atoms with E-state index in [1.54, 1.807) is 0 Å². The molecule has 0 fully saturated rings. The molecule has 1 atom stereocenters. The Morgan fingerprint density at radius 3 is 2.92 bits per heavy atom. The lowest BCUT2D eigenvalue weighted by Crippen LogP contribution is -2.43. The second kappa shape index (κ2) is 4.23. The van der Waals surface area contributed by atoms with Gasteiger partial charge in [0.2, 0.25) is 0 Å². The highest BCUT2D eigenvalue weighted by Crippen LogP contribution is 2.01. The van der Waals surface area contributed by atoms with Gasteiger partial charge in [0.1, 0.15) is 6.04 Å². The second-order valence-corrected chi connectivity index (χ2v) is 2.96. The first kappa shape index (κ1) is 9.22. The number of carboxylic acid groups (broad SMARTS) is 1. The molecule has 4 nitrogen and oxygen atoms in total. The fourth-order valence-electron chi connectivity index (χ4n) is 1.21. The van der Waals surface area contributed by atoms with Crippen molar-refractivity contribution in [2.45, 2.75) is 12.5 Å². The molecule has 0 saturated carbocycles. The molecule has 1 aliphatic rings. The van der Waals surface area contributed by atoms with Crippen LogP contribution in [0.3, 0.4) is 0 Å². The highest BCUT2D eigenvalue weighted by Gasteiger charge is 2.16.